The smallest absolute Gasteiger partial charge is 0.321 e. The Morgan fingerprint density at radius 1 is 1.75 bits per heavy atom. The van der Waals surface area contributed by atoms with E-state index in [1.807, 2.05) is 0 Å². The van der Waals surface area contributed by atoms with Gasteiger partial charge in [0.1, 0.15) is 6.54 Å². The van der Waals surface area contributed by atoms with E-state index in [0.717, 1.165) is 0 Å². The Bertz CT molecular complexity index is 80.5. The Morgan fingerprint density at radius 2 is 2.25 bits per heavy atom. The minimum Gasteiger partial charge on any atom is -0.462 e. The van der Waals surface area contributed by atoms with Crippen molar-refractivity contribution in [2.24, 2.45) is 0 Å². The van der Waals surface area contributed by atoms with Crippen LogP contribution < -0.4 is 5.73 Å². The van der Waals surface area contributed by atoms with Gasteiger partial charge < -0.3 is 4.74 Å². The van der Waals surface area contributed by atoms with Crippen LogP contribution in [0.5, 0.6) is 0 Å². The summed E-state index contributed by atoms with van der Waals surface area (Å²) < 4.78 is 4.57. The molecule has 1 radical (unpaired) electrons. The quantitative estimate of drug-likeness (QED) is 0.484. The van der Waals surface area contributed by atoms with Crippen molar-refractivity contribution in [3.8, 4) is 0 Å². The molecule has 0 unspecified atom stereocenters. The molecule has 0 fully saturated rings. The van der Waals surface area contributed by atoms with Gasteiger partial charge in [-0.15, -0.1) is 0 Å². The molecule has 0 heterocycles. The van der Waals surface area contributed by atoms with Gasteiger partial charge in [0.2, 0.25) is 0 Å². The van der Waals surface area contributed by atoms with E-state index in [2.05, 4.69) is 4.74 Å². The fourth-order valence-electron chi connectivity index (χ4n) is 0.305. The summed E-state index contributed by atoms with van der Waals surface area (Å²) in [4.78, 5) is 10.2. The van der Waals surface area contributed by atoms with Gasteiger partial charge in [-0.2, -0.15) is 0 Å². The van der Waals surface area contributed by atoms with Crippen molar-refractivity contribution in [1.82, 2.24) is 5.73 Å². The molecule has 0 aromatic carbocycles. The molecule has 0 saturated carbocycles. The SMILES string of the molecule is CC(C)OC(=O)C[NH]. The summed E-state index contributed by atoms with van der Waals surface area (Å²) >= 11 is 0. The Balaban J connectivity index is 3.25. The zero-order valence-corrected chi connectivity index (χ0v) is 5.10. The van der Waals surface area contributed by atoms with E-state index in [-0.39, 0.29) is 12.6 Å². The van der Waals surface area contributed by atoms with E-state index in [0.29, 0.717) is 0 Å². The van der Waals surface area contributed by atoms with Crippen molar-refractivity contribution < 1.29 is 9.53 Å². The van der Waals surface area contributed by atoms with E-state index in [9.17, 15) is 4.79 Å². The number of carbonyl (C=O) groups excluding carboxylic acids is 1. The van der Waals surface area contributed by atoms with Crippen LogP contribution in [0, 0.1) is 0 Å². The highest BCUT2D eigenvalue weighted by molar-refractivity contribution is 5.71. The summed E-state index contributed by atoms with van der Waals surface area (Å²) in [5, 5.41) is 0. The van der Waals surface area contributed by atoms with Crippen molar-refractivity contribution in [3.05, 3.63) is 0 Å². The molecule has 0 atom stereocenters. The Hall–Kier alpha value is -0.570. The summed E-state index contributed by atoms with van der Waals surface area (Å²) in [7, 11) is 0. The van der Waals surface area contributed by atoms with E-state index < -0.39 is 5.97 Å². The third-order valence-corrected chi connectivity index (χ3v) is 0.511. The summed E-state index contributed by atoms with van der Waals surface area (Å²) in [6.07, 6.45) is -0.0900. The Morgan fingerprint density at radius 3 is 2.38 bits per heavy atom. The maximum atomic E-state index is 10.2. The number of nitrogens with one attached hydrogen (secondary N) is 1. The molecule has 1 N–H and O–H groups in total. The van der Waals surface area contributed by atoms with Crippen molar-refractivity contribution in [2.75, 3.05) is 6.54 Å². The largest absolute Gasteiger partial charge is 0.462 e. The Labute approximate surface area is 48.8 Å². The number of hydrogen-bond acceptors (Lipinski definition) is 2. The third-order valence-electron chi connectivity index (χ3n) is 0.511. The highest BCUT2D eigenvalue weighted by atomic mass is 16.5. The predicted octanol–water partition coefficient (Wildman–Crippen LogP) is 0.221. The molecule has 3 nitrogen and oxygen atoms in total. The summed E-state index contributed by atoms with van der Waals surface area (Å²) in [5.74, 6) is -0.458. The number of carbonyl (C=O) groups is 1. The first-order valence-corrected chi connectivity index (χ1v) is 2.51. The van der Waals surface area contributed by atoms with Gasteiger partial charge in [-0.1, -0.05) is 0 Å². The molecular weight excluding hydrogens is 106 g/mol. The lowest BCUT2D eigenvalue weighted by Gasteiger charge is -2.03. The second kappa shape index (κ2) is 3.43. The average Bonchev–Trinajstić information content (AvgIpc) is 1.65. The molecule has 0 aliphatic heterocycles. The van der Waals surface area contributed by atoms with E-state index >= 15 is 0 Å². The van der Waals surface area contributed by atoms with Gasteiger partial charge in [0.15, 0.2) is 0 Å². The maximum absolute atomic E-state index is 10.2. The van der Waals surface area contributed by atoms with Crippen LogP contribution in [0.15, 0.2) is 0 Å². The molecule has 0 aromatic heterocycles. The van der Waals surface area contributed by atoms with Crippen LogP contribution in [0.1, 0.15) is 13.8 Å². The molecule has 8 heavy (non-hydrogen) atoms. The molecule has 0 aliphatic rings. The van der Waals surface area contributed by atoms with Crippen molar-refractivity contribution >= 4 is 5.97 Å². The van der Waals surface area contributed by atoms with Crippen molar-refractivity contribution in [3.63, 3.8) is 0 Å². The molecule has 0 bridgehead atoms. The van der Waals surface area contributed by atoms with Gasteiger partial charge in [-0.25, -0.2) is 5.73 Å². The van der Waals surface area contributed by atoms with Crippen molar-refractivity contribution in [2.45, 2.75) is 20.0 Å². The standard InChI is InChI=1S/C5H10NO2/c1-4(2)8-5(7)3-6/h4,6H,3H2,1-2H3. The minimum atomic E-state index is -0.458. The van der Waals surface area contributed by atoms with E-state index in [1.54, 1.807) is 13.8 Å². The molecule has 47 valence electrons. The monoisotopic (exact) mass is 116 g/mol. The van der Waals surface area contributed by atoms with Gasteiger partial charge in [-0.3, -0.25) is 4.79 Å². The molecular formula is C5H10NO2. The first kappa shape index (κ1) is 7.43. The highest BCUT2D eigenvalue weighted by Gasteiger charge is 1.99. The van der Waals surface area contributed by atoms with Crippen LogP contribution >= 0.6 is 0 Å². The fraction of sp³-hybridized carbons (Fsp3) is 0.800. The zero-order chi connectivity index (χ0) is 6.57. The fourth-order valence-corrected chi connectivity index (χ4v) is 0.305. The average molecular weight is 116 g/mol. The lowest BCUT2D eigenvalue weighted by Crippen LogP contribution is -2.15. The number of hydrogen-bond donors (Lipinski definition) is 0. The normalized spacial score (nSPS) is 9.50. The minimum absolute atomic E-state index is 0.0900. The van der Waals surface area contributed by atoms with Crippen molar-refractivity contribution in [1.29, 1.82) is 0 Å². The highest BCUT2D eigenvalue weighted by Crippen LogP contribution is 1.86. The lowest BCUT2D eigenvalue weighted by molar-refractivity contribution is -0.145. The molecule has 0 saturated heterocycles. The predicted molar refractivity (Wildman–Crippen MR) is 29.2 cm³/mol. The summed E-state index contributed by atoms with van der Waals surface area (Å²) in [5.41, 5.74) is 6.53. The lowest BCUT2D eigenvalue weighted by atomic mass is 10.5. The van der Waals surface area contributed by atoms with Crippen LogP contribution in [0.4, 0.5) is 0 Å². The van der Waals surface area contributed by atoms with Crippen LogP contribution in [0.3, 0.4) is 0 Å². The molecule has 0 rings (SSSR count). The third kappa shape index (κ3) is 3.61. The van der Waals surface area contributed by atoms with Gasteiger partial charge in [-0.05, 0) is 13.8 Å². The topological polar surface area (TPSA) is 50.1 Å². The Kier molecular flexibility index (Phi) is 3.19. The van der Waals surface area contributed by atoms with Crippen LogP contribution in [0.25, 0.3) is 0 Å². The van der Waals surface area contributed by atoms with Crippen LogP contribution in [-0.2, 0) is 9.53 Å². The van der Waals surface area contributed by atoms with Crippen LogP contribution in [0.2, 0.25) is 0 Å². The number of ether oxygens (including phenoxy) is 1. The first-order chi connectivity index (χ1) is 3.66. The van der Waals surface area contributed by atoms with Gasteiger partial charge in [0.05, 0.1) is 6.10 Å². The summed E-state index contributed by atoms with van der Waals surface area (Å²) in [6, 6.07) is 0. The summed E-state index contributed by atoms with van der Waals surface area (Å²) in [6.45, 7) is 3.24. The molecule has 0 aromatic rings. The van der Waals surface area contributed by atoms with E-state index in [1.165, 1.54) is 0 Å². The molecule has 3 heteroatoms. The van der Waals surface area contributed by atoms with Gasteiger partial charge >= 0.3 is 5.97 Å². The second-order valence-electron chi connectivity index (χ2n) is 1.72. The van der Waals surface area contributed by atoms with Gasteiger partial charge in [0.25, 0.3) is 0 Å². The van der Waals surface area contributed by atoms with E-state index in [4.69, 9.17) is 5.73 Å². The molecule has 0 aliphatic carbocycles. The maximum Gasteiger partial charge on any atom is 0.321 e. The molecule has 0 amide bonds. The van der Waals surface area contributed by atoms with Gasteiger partial charge in [0, 0.05) is 0 Å². The number of rotatable bonds is 2. The van der Waals surface area contributed by atoms with Crippen LogP contribution in [-0.4, -0.2) is 18.6 Å². The number of esters is 1. The first-order valence-electron chi connectivity index (χ1n) is 2.51. The second-order valence-corrected chi connectivity index (χ2v) is 1.72. The zero-order valence-electron chi connectivity index (χ0n) is 5.10. The molecule has 0 spiro atoms.